The highest BCUT2D eigenvalue weighted by Crippen LogP contribution is 2.44. The zero-order valence-electron chi connectivity index (χ0n) is 14.9. The predicted octanol–water partition coefficient (Wildman–Crippen LogP) is 2.92. The average Bonchev–Trinajstić information content (AvgIpc) is 3.22. The largest absolute Gasteiger partial charge is 0.368 e. The van der Waals surface area contributed by atoms with E-state index in [1.165, 1.54) is 0 Å². The van der Waals surface area contributed by atoms with Gasteiger partial charge in [-0.2, -0.15) is 0 Å². The number of ether oxygens (including phenoxy) is 5. The minimum atomic E-state index is -0.694. The third-order valence-electron chi connectivity index (χ3n) is 4.83. The molecule has 6 atom stereocenters. The maximum Gasteiger partial charge on any atom is 0.190 e. The molecule has 3 heterocycles. The van der Waals surface area contributed by atoms with Crippen LogP contribution < -0.4 is 0 Å². The number of epoxide rings is 1. The Labute approximate surface area is 151 Å². The fourth-order valence-corrected chi connectivity index (χ4v) is 3.63. The van der Waals surface area contributed by atoms with Crippen LogP contribution >= 0.6 is 0 Å². The van der Waals surface area contributed by atoms with E-state index in [-0.39, 0.29) is 30.5 Å². The Hall–Kier alpha value is -1.67. The van der Waals surface area contributed by atoms with Crippen LogP contribution in [0, 0.1) is 0 Å². The first-order valence-electron chi connectivity index (χ1n) is 8.90. The number of nitrogens with zero attached hydrogens (tertiary/aromatic N) is 3. The van der Waals surface area contributed by atoms with E-state index in [1.54, 1.807) is 0 Å². The van der Waals surface area contributed by atoms with Crippen LogP contribution in [0.15, 0.2) is 35.4 Å². The summed E-state index contributed by atoms with van der Waals surface area (Å²) in [5.41, 5.74) is 9.48. The van der Waals surface area contributed by atoms with E-state index in [0.717, 1.165) is 5.56 Å². The third-order valence-corrected chi connectivity index (χ3v) is 4.83. The maximum atomic E-state index is 8.40. The molecule has 4 rings (SSSR count). The smallest absolute Gasteiger partial charge is 0.190 e. The van der Waals surface area contributed by atoms with Crippen molar-refractivity contribution in [3.05, 3.63) is 46.3 Å². The van der Waals surface area contributed by atoms with Crippen LogP contribution in [-0.2, 0) is 30.3 Å². The molecule has 3 aliphatic heterocycles. The number of hydrogen-bond donors (Lipinski definition) is 0. The summed E-state index contributed by atoms with van der Waals surface area (Å²) in [6.07, 6.45) is -0.704. The van der Waals surface area contributed by atoms with Crippen molar-refractivity contribution in [3.63, 3.8) is 0 Å². The lowest BCUT2D eigenvalue weighted by molar-refractivity contribution is -0.221. The van der Waals surface area contributed by atoms with Gasteiger partial charge in [0.15, 0.2) is 12.1 Å². The molecule has 1 aromatic carbocycles. The van der Waals surface area contributed by atoms with Crippen molar-refractivity contribution >= 4 is 0 Å². The van der Waals surface area contributed by atoms with Crippen LogP contribution in [0.4, 0.5) is 0 Å². The third kappa shape index (κ3) is 3.71. The van der Waals surface area contributed by atoms with E-state index in [2.05, 4.69) is 10.0 Å². The number of rotatable bonds is 7. The summed E-state index contributed by atoms with van der Waals surface area (Å²) in [6.45, 7) is 4.61. The summed E-state index contributed by atoms with van der Waals surface area (Å²) in [4.78, 5) is 2.77. The monoisotopic (exact) mass is 361 g/mol. The first kappa shape index (κ1) is 17.7. The summed E-state index contributed by atoms with van der Waals surface area (Å²) in [7, 11) is 0. The van der Waals surface area contributed by atoms with Gasteiger partial charge in [0.2, 0.25) is 0 Å². The maximum absolute atomic E-state index is 8.40. The quantitative estimate of drug-likeness (QED) is 0.322. The standard InChI is InChI=1S/C18H23N3O5/c1-18(2)25-16-14(22-10-11-6-4-3-5-7-11)15(24-17(16)26-18)13-12(23-13)8-9-20-21-19/h3-7,12-17H,8-10H2,1-2H3/t12-,13+,14-,15+,16+,17+/m0/s1. The molecule has 3 saturated heterocycles. The van der Waals surface area contributed by atoms with Gasteiger partial charge in [0.25, 0.3) is 0 Å². The second-order valence-corrected chi connectivity index (χ2v) is 7.21. The lowest BCUT2D eigenvalue weighted by atomic mass is 10.0. The van der Waals surface area contributed by atoms with Crippen LogP contribution in [0.25, 0.3) is 10.4 Å². The first-order chi connectivity index (χ1) is 12.6. The lowest BCUT2D eigenvalue weighted by Gasteiger charge is -2.25. The Morgan fingerprint density at radius 2 is 1.92 bits per heavy atom. The van der Waals surface area contributed by atoms with Gasteiger partial charge in [0, 0.05) is 11.5 Å². The molecule has 0 saturated carbocycles. The first-order valence-corrected chi connectivity index (χ1v) is 8.90. The SMILES string of the molecule is CC1(C)O[C@H]2O[C@H]([C@@H]3O[C@H]3CCN=[N+]=[N-])[C@H](OCc3ccccc3)[C@H]2O1. The van der Waals surface area contributed by atoms with Crippen molar-refractivity contribution in [2.24, 2.45) is 5.11 Å². The molecular weight excluding hydrogens is 338 g/mol. The zero-order chi connectivity index (χ0) is 18.1. The van der Waals surface area contributed by atoms with E-state index >= 15 is 0 Å². The van der Waals surface area contributed by atoms with Crippen molar-refractivity contribution in [2.75, 3.05) is 6.54 Å². The van der Waals surface area contributed by atoms with Gasteiger partial charge in [-0.15, -0.1) is 0 Å². The van der Waals surface area contributed by atoms with Gasteiger partial charge in [-0.1, -0.05) is 35.4 Å². The molecule has 0 radical (unpaired) electrons. The molecule has 0 amide bonds. The van der Waals surface area contributed by atoms with Crippen molar-refractivity contribution in [1.82, 2.24) is 0 Å². The van der Waals surface area contributed by atoms with Gasteiger partial charge < -0.3 is 23.7 Å². The molecule has 26 heavy (non-hydrogen) atoms. The van der Waals surface area contributed by atoms with E-state index in [0.29, 0.717) is 19.6 Å². The fraction of sp³-hybridized carbons (Fsp3) is 0.667. The van der Waals surface area contributed by atoms with Crippen molar-refractivity contribution in [1.29, 1.82) is 0 Å². The van der Waals surface area contributed by atoms with Gasteiger partial charge in [0.05, 0.1) is 12.7 Å². The Morgan fingerprint density at radius 3 is 2.69 bits per heavy atom. The average molecular weight is 361 g/mol. The predicted molar refractivity (Wildman–Crippen MR) is 91.0 cm³/mol. The molecule has 0 unspecified atom stereocenters. The fourth-order valence-electron chi connectivity index (χ4n) is 3.63. The molecular formula is C18H23N3O5. The van der Waals surface area contributed by atoms with Crippen LogP contribution in [0.3, 0.4) is 0 Å². The summed E-state index contributed by atoms with van der Waals surface area (Å²) >= 11 is 0. The normalized spacial score (nSPS) is 37.2. The summed E-state index contributed by atoms with van der Waals surface area (Å²) < 4.78 is 29.9. The molecule has 0 spiro atoms. The molecule has 8 nitrogen and oxygen atoms in total. The van der Waals surface area contributed by atoms with Gasteiger partial charge in [-0.05, 0) is 31.4 Å². The van der Waals surface area contributed by atoms with E-state index in [1.807, 2.05) is 44.2 Å². The Bertz CT molecular complexity index is 679. The second kappa shape index (κ2) is 7.15. The highest BCUT2D eigenvalue weighted by Gasteiger charge is 2.61. The molecule has 0 aliphatic carbocycles. The Balaban J connectivity index is 1.42. The molecule has 0 N–H and O–H groups in total. The highest BCUT2D eigenvalue weighted by atomic mass is 16.8. The van der Waals surface area contributed by atoms with Gasteiger partial charge >= 0.3 is 0 Å². The van der Waals surface area contributed by atoms with Crippen LogP contribution in [0.5, 0.6) is 0 Å². The minimum absolute atomic E-state index is 0.0140. The Morgan fingerprint density at radius 1 is 1.12 bits per heavy atom. The van der Waals surface area contributed by atoms with Crippen LogP contribution in [0.1, 0.15) is 25.8 Å². The topological polar surface area (TPSA) is 98.2 Å². The van der Waals surface area contributed by atoms with Crippen LogP contribution in [0.2, 0.25) is 0 Å². The zero-order valence-corrected chi connectivity index (χ0v) is 14.9. The summed E-state index contributed by atoms with van der Waals surface area (Å²) in [5.74, 6) is -0.694. The number of benzene rings is 1. The molecule has 1 aromatic rings. The van der Waals surface area contributed by atoms with Gasteiger partial charge in [0.1, 0.15) is 24.4 Å². The molecule has 3 aliphatic rings. The molecule has 0 aromatic heterocycles. The van der Waals surface area contributed by atoms with Gasteiger partial charge in [-0.3, -0.25) is 0 Å². The van der Waals surface area contributed by atoms with Crippen molar-refractivity contribution in [3.8, 4) is 0 Å². The van der Waals surface area contributed by atoms with Crippen LogP contribution in [-0.4, -0.2) is 49.1 Å². The van der Waals surface area contributed by atoms with Crippen molar-refractivity contribution < 1.29 is 23.7 Å². The highest BCUT2D eigenvalue weighted by molar-refractivity contribution is 5.14. The summed E-state index contributed by atoms with van der Waals surface area (Å²) in [6, 6.07) is 9.99. The number of hydrogen-bond acceptors (Lipinski definition) is 6. The number of fused-ring (bicyclic) bond motifs is 1. The molecule has 140 valence electrons. The van der Waals surface area contributed by atoms with Gasteiger partial charge in [-0.25, -0.2) is 0 Å². The molecule has 0 bridgehead atoms. The molecule has 8 heteroatoms. The van der Waals surface area contributed by atoms with E-state index < -0.39 is 12.1 Å². The van der Waals surface area contributed by atoms with Crippen molar-refractivity contribution in [2.45, 2.75) is 69.5 Å². The Kier molecular flexibility index (Phi) is 4.88. The lowest BCUT2D eigenvalue weighted by Crippen LogP contribution is -2.39. The minimum Gasteiger partial charge on any atom is -0.368 e. The molecule has 3 fully saturated rings. The van der Waals surface area contributed by atoms with E-state index in [4.69, 9.17) is 29.2 Å². The summed E-state index contributed by atoms with van der Waals surface area (Å²) in [5, 5.41) is 3.56. The second-order valence-electron chi connectivity index (χ2n) is 7.21. The van der Waals surface area contributed by atoms with E-state index in [9.17, 15) is 0 Å². The number of azide groups is 1.